The van der Waals surface area contributed by atoms with E-state index in [1.807, 2.05) is 43.1 Å². The Morgan fingerprint density at radius 3 is 2.25 bits per heavy atom. The van der Waals surface area contributed by atoms with E-state index in [9.17, 15) is 9.18 Å². The maximum atomic E-state index is 13.2. The highest BCUT2D eigenvalue weighted by Gasteiger charge is 2.20. The predicted octanol–water partition coefficient (Wildman–Crippen LogP) is 8.90. The zero-order chi connectivity index (χ0) is 36.5. The molecule has 6 rings (SSSR count). The smallest absolute Gasteiger partial charge is 0.246 e. The second-order valence-electron chi connectivity index (χ2n) is 13.3. The molecule has 1 aliphatic rings. The maximum Gasteiger partial charge on any atom is 0.246 e. The average molecular weight is 719 g/mol. The first-order valence-electron chi connectivity index (χ1n) is 17.5. The number of piperazine rings is 1. The zero-order valence-electron chi connectivity index (χ0n) is 29.9. The fraction of sp³-hybridized carbons (Fsp3) is 0.256. The molecule has 268 valence electrons. The first-order chi connectivity index (χ1) is 25.2. The third kappa shape index (κ3) is 10.2. The van der Waals surface area contributed by atoms with Gasteiger partial charge in [-0.2, -0.15) is 0 Å². The number of likely N-dealkylation sites (N-methyl/N-ethyl adjacent to an activating group) is 1. The number of benzene rings is 4. The van der Waals surface area contributed by atoms with Gasteiger partial charge >= 0.3 is 0 Å². The van der Waals surface area contributed by atoms with Gasteiger partial charge in [-0.1, -0.05) is 65.7 Å². The average Bonchev–Trinajstić information content (AvgIpc) is 3.16. The fourth-order valence-electron chi connectivity index (χ4n) is 6.04. The first kappa shape index (κ1) is 36.6. The number of nitrogens with zero attached hydrogens (tertiary/aromatic N) is 4. The van der Waals surface area contributed by atoms with E-state index < -0.39 is 0 Å². The molecule has 7 nitrogen and oxygen atoms in total. The number of carbonyl (C=O) groups excluding carboxylic acids is 1. The molecule has 1 saturated heterocycles. The SMILES string of the molecule is Cc1ccc(COc2ccc(Oc3c(C)cc(/C=C/C(=O)N4CCN(Cc5ccc(CCN(C)c6ccc(F)cc6)cc5)CC4)cc3Cl)nc2)cc1. The summed E-state index contributed by atoms with van der Waals surface area (Å²) in [6.45, 7) is 9.10. The summed E-state index contributed by atoms with van der Waals surface area (Å²) in [5.41, 5.74) is 7.47. The van der Waals surface area contributed by atoms with Crippen molar-refractivity contribution in [3.8, 4) is 17.4 Å². The Kier molecular flexibility index (Phi) is 12.2. The molecule has 9 heteroatoms. The largest absolute Gasteiger partial charge is 0.487 e. The van der Waals surface area contributed by atoms with Gasteiger partial charge < -0.3 is 19.3 Å². The molecule has 0 unspecified atom stereocenters. The van der Waals surface area contributed by atoms with E-state index >= 15 is 0 Å². The van der Waals surface area contributed by atoms with Gasteiger partial charge in [0, 0.05) is 64.1 Å². The van der Waals surface area contributed by atoms with Crippen LogP contribution >= 0.6 is 11.6 Å². The normalized spacial score (nSPS) is 13.4. The second-order valence-corrected chi connectivity index (χ2v) is 13.7. The highest BCUT2D eigenvalue weighted by atomic mass is 35.5. The Morgan fingerprint density at radius 2 is 1.58 bits per heavy atom. The summed E-state index contributed by atoms with van der Waals surface area (Å²) in [6.07, 6.45) is 5.96. The number of hydrogen-bond acceptors (Lipinski definition) is 6. The Bertz CT molecular complexity index is 1940. The summed E-state index contributed by atoms with van der Waals surface area (Å²) in [5, 5.41) is 0.438. The molecule has 4 aromatic carbocycles. The Labute approximate surface area is 310 Å². The van der Waals surface area contributed by atoms with Crippen LogP contribution in [0.1, 0.15) is 33.4 Å². The van der Waals surface area contributed by atoms with E-state index in [0.29, 0.717) is 42.1 Å². The number of carbonyl (C=O) groups is 1. The van der Waals surface area contributed by atoms with Crippen LogP contribution in [0, 0.1) is 19.7 Å². The number of anilines is 1. The van der Waals surface area contributed by atoms with E-state index in [-0.39, 0.29) is 11.7 Å². The molecule has 1 aromatic heterocycles. The van der Waals surface area contributed by atoms with Gasteiger partial charge in [0.2, 0.25) is 11.8 Å². The molecule has 1 aliphatic heterocycles. The molecule has 0 saturated carbocycles. The van der Waals surface area contributed by atoms with E-state index in [4.69, 9.17) is 21.1 Å². The van der Waals surface area contributed by atoms with Crippen molar-refractivity contribution in [2.24, 2.45) is 0 Å². The number of amides is 1. The van der Waals surface area contributed by atoms with Crippen LogP contribution < -0.4 is 14.4 Å². The number of aromatic nitrogens is 1. The van der Waals surface area contributed by atoms with Crippen LogP contribution in [0.15, 0.2) is 109 Å². The van der Waals surface area contributed by atoms with Crippen molar-refractivity contribution >= 4 is 29.3 Å². The number of aryl methyl sites for hydroxylation is 2. The van der Waals surface area contributed by atoms with Crippen LogP contribution in [0.25, 0.3) is 6.08 Å². The van der Waals surface area contributed by atoms with E-state index in [0.717, 1.165) is 55.0 Å². The van der Waals surface area contributed by atoms with Crippen molar-refractivity contribution in [3.05, 3.63) is 154 Å². The molecule has 0 radical (unpaired) electrons. The van der Waals surface area contributed by atoms with Gasteiger partial charge in [0.1, 0.15) is 18.2 Å². The number of halogens is 2. The molecule has 0 aliphatic carbocycles. The highest BCUT2D eigenvalue weighted by Crippen LogP contribution is 2.34. The predicted molar refractivity (Wildman–Crippen MR) is 207 cm³/mol. The molecule has 2 heterocycles. The lowest BCUT2D eigenvalue weighted by atomic mass is 10.1. The fourth-order valence-corrected chi connectivity index (χ4v) is 6.35. The Morgan fingerprint density at radius 1 is 0.885 bits per heavy atom. The van der Waals surface area contributed by atoms with Crippen molar-refractivity contribution in [2.45, 2.75) is 33.4 Å². The van der Waals surface area contributed by atoms with Gasteiger partial charge in [0.25, 0.3) is 0 Å². The first-order valence-corrected chi connectivity index (χ1v) is 17.9. The van der Waals surface area contributed by atoms with E-state index in [1.165, 1.54) is 28.8 Å². The minimum atomic E-state index is -0.221. The topological polar surface area (TPSA) is 58.1 Å². The van der Waals surface area contributed by atoms with E-state index in [2.05, 4.69) is 58.1 Å². The molecule has 0 N–H and O–H groups in total. The van der Waals surface area contributed by atoms with Gasteiger partial charge in [-0.3, -0.25) is 9.69 Å². The summed E-state index contributed by atoms with van der Waals surface area (Å²) < 4.78 is 25.1. The van der Waals surface area contributed by atoms with Crippen molar-refractivity contribution in [1.82, 2.24) is 14.8 Å². The standard InChI is InChI=1S/C43H44ClFN4O3/c1-31-4-6-35(7-5-31)30-51-39-17-18-41(46-28-39)52-43-32(2)26-36(27-40(43)44)12-19-42(50)49-24-22-48(23-25-49)29-34-10-8-33(9-11-34)20-21-47(3)38-15-13-37(45)14-16-38/h4-19,26-28H,20-25,29-30H2,1-3H3/b19-12+. The molecule has 1 fully saturated rings. The summed E-state index contributed by atoms with van der Waals surface area (Å²) in [6, 6.07) is 30.9. The lowest BCUT2D eigenvalue weighted by molar-refractivity contribution is -0.127. The molecule has 52 heavy (non-hydrogen) atoms. The van der Waals surface area contributed by atoms with Crippen molar-refractivity contribution in [2.75, 3.05) is 44.7 Å². The summed E-state index contributed by atoms with van der Waals surface area (Å²) in [5.74, 6) is 1.34. The lowest BCUT2D eigenvalue weighted by Gasteiger charge is -2.34. The van der Waals surface area contributed by atoms with Gasteiger partial charge in [0.15, 0.2) is 5.75 Å². The number of rotatable bonds is 13. The van der Waals surface area contributed by atoms with Gasteiger partial charge in [-0.15, -0.1) is 0 Å². The van der Waals surface area contributed by atoms with Crippen LogP contribution in [0.4, 0.5) is 10.1 Å². The van der Waals surface area contributed by atoms with Crippen LogP contribution in [0.3, 0.4) is 0 Å². The maximum absolute atomic E-state index is 13.2. The highest BCUT2D eigenvalue weighted by molar-refractivity contribution is 6.32. The number of ether oxygens (including phenoxy) is 2. The number of pyridine rings is 1. The van der Waals surface area contributed by atoms with Crippen LogP contribution in [-0.2, 0) is 24.4 Å². The molecule has 0 atom stereocenters. The second kappa shape index (κ2) is 17.4. The molecule has 5 aromatic rings. The monoisotopic (exact) mass is 718 g/mol. The van der Waals surface area contributed by atoms with E-state index in [1.54, 1.807) is 42.6 Å². The third-order valence-corrected chi connectivity index (χ3v) is 9.51. The molecular weight excluding hydrogens is 675 g/mol. The number of hydrogen-bond donors (Lipinski definition) is 0. The van der Waals surface area contributed by atoms with Gasteiger partial charge in [-0.25, -0.2) is 9.37 Å². The van der Waals surface area contributed by atoms with Gasteiger partial charge in [-0.05, 0) is 96.6 Å². The lowest BCUT2D eigenvalue weighted by Crippen LogP contribution is -2.47. The minimum Gasteiger partial charge on any atom is -0.487 e. The van der Waals surface area contributed by atoms with Crippen LogP contribution in [-0.4, -0.2) is 60.5 Å². The summed E-state index contributed by atoms with van der Waals surface area (Å²) in [4.78, 5) is 23.9. The van der Waals surface area contributed by atoms with Crippen LogP contribution in [0.2, 0.25) is 5.02 Å². The van der Waals surface area contributed by atoms with Crippen molar-refractivity contribution in [3.63, 3.8) is 0 Å². The molecule has 0 bridgehead atoms. The molecule has 1 amide bonds. The minimum absolute atomic E-state index is 0.0161. The van der Waals surface area contributed by atoms with Gasteiger partial charge in [0.05, 0.1) is 11.2 Å². The van der Waals surface area contributed by atoms with Crippen LogP contribution in [0.5, 0.6) is 17.4 Å². The van der Waals surface area contributed by atoms with Crippen molar-refractivity contribution in [1.29, 1.82) is 0 Å². The van der Waals surface area contributed by atoms with Crippen molar-refractivity contribution < 1.29 is 18.7 Å². The summed E-state index contributed by atoms with van der Waals surface area (Å²) in [7, 11) is 2.02. The zero-order valence-corrected chi connectivity index (χ0v) is 30.7. The molecular formula is C43H44ClFN4O3. The summed E-state index contributed by atoms with van der Waals surface area (Å²) >= 11 is 6.63. The third-order valence-electron chi connectivity index (χ3n) is 9.23. The Balaban J connectivity index is 0.936. The Hall–Kier alpha value is -5.18. The quantitative estimate of drug-likeness (QED) is 0.113. The molecule has 0 spiro atoms.